The second kappa shape index (κ2) is 8.41. The fraction of sp³-hybridized carbons (Fsp3) is 0.174. The van der Waals surface area contributed by atoms with Crippen LogP contribution >= 0.6 is 11.5 Å². The van der Waals surface area contributed by atoms with Gasteiger partial charge in [0.2, 0.25) is 5.91 Å². The molecule has 1 aliphatic carbocycles. The highest BCUT2D eigenvalue weighted by Crippen LogP contribution is 2.32. The molecule has 1 aromatic heterocycles. The van der Waals surface area contributed by atoms with Gasteiger partial charge in [0, 0.05) is 24.0 Å². The molecule has 4 rings (SSSR count). The third-order valence-corrected chi connectivity index (χ3v) is 5.82. The maximum atomic E-state index is 13.2. The Morgan fingerprint density at radius 3 is 2.59 bits per heavy atom. The molecule has 2 N–H and O–H groups in total. The van der Waals surface area contributed by atoms with Gasteiger partial charge in [-0.3, -0.25) is 9.59 Å². The molecule has 6 heteroatoms. The van der Waals surface area contributed by atoms with Gasteiger partial charge in [0.1, 0.15) is 11.2 Å². The topological polar surface area (TPSA) is 71.1 Å². The summed E-state index contributed by atoms with van der Waals surface area (Å²) in [7, 11) is 0. The molecule has 2 aromatic carbocycles. The fourth-order valence-corrected chi connectivity index (χ4v) is 4.19. The smallest absolute Gasteiger partial charge is 0.238 e. The number of carbonyl (C=O) groups excluding carboxylic acids is 2. The third kappa shape index (κ3) is 3.84. The molecule has 5 nitrogen and oxygen atoms in total. The molecule has 29 heavy (non-hydrogen) atoms. The van der Waals surface area contributed by atoms with E-state index in [2.05, 4.69) is 15.0 Å². The van der Waals surface area contributed by atoms with Crippen molar-refractivity contribution >= 4 is 39.1 Å². The first kappa shape index (κ1) is 19.1. The number of nitrogens with zero attached hydrogens (tertiary/aromatic N) is 1. The Bertz CT molecular complexity index is 1090. The molecule has 1 amide bonds. The van der Waals surface area contributed by atoms with E-state index in [1.165, 1.54) is 11.5 Å². The highest BCUT2D eigenvalue weighted by Gasteiger charge is 2.43. The molecule has 1 atom stereocenters. The fourth-order valence-electron chi connectivity index (χ4n) is 3.44. The summed E-state index contributed by atoms with van der Waals surface area (Å²) in [6, 6.07) is 17.0. The molecular weight excluding hydrogens is 382 g/mol. The Balaban J connectivity index is 1.42. The summed E-state index contributed by atoms with van der Waals surface area (Å²) >= 11 is 1.44. The maximum absolute atomic E-state index is 13.2. The molecule has 1 unspecified atom stereocenters. The van der Waals surface area contributed by atoms with Crippen LogP contribution < -0.4 is 10.6 Å². The quantitative estimate of drug-likeness (QED) is 0.352. The largest absolute Gasteiger partial charge is 0.367 e. The zero-order valence-electron chi connectivity index (χ0n) is 15.8. The molecule has 3 aromatic rings. The van der Waals surface area contributed by atoms with Crippen LogP contribution in [0.25, 0.3) is 10.1 Å². The SMILES string of the molecule is O=C(NCCNc1nsc2ccccc12)C1(C(=O)c2ccccc2)C=CC=CC1. The van der Waals surface area contributed by atoms with E-state index in [-0.39, 0.29) is 11.7 Å². The van der Waals surface area contributed by atoms with Crippen molar-refractivity contribution in [3.05, 3.63) is 84.5 Å². The number of amides is 1. The lowest BCUT2D eigenvalue weighted by molar-refractivity contribution is -0.126. The summed E-state index contributed by atoms with van der Waals surface area (Å²) in [5.41, 5.74) is -0.668. The van der Waals surface area contributed by atoms with E-state index >= 15 is 0 Å². The molecule has 1 heterocycles. The van der Waals surface area contributed by atoms with Gasteiger partial charge >= 0.3 is 0 Å². The zero-order valence-corrected chi connectivity index (χ0v) is 16.6. The van der Waals surface area contributed by atoms with E-state index in [9.17, 15) is 9.59 Å². The lowest BCUT2D eigenvalue weighted by Crippen LogP contribution is -2.46. The summed E-state index contributed by atoms with van der Waals surface area (Å²) in [6.45, 7) is 0.917. The summed E-state index contributed by atoms with van der Waals surface area (Å²) in [5, 5.41) is 7.26. The Labute approximate surface area is 173 Å². The Morgan fingerprint density at radius 2 is 1.79 bits per heavy atom. The van der Waals surface area contributed by atoms with Crippen molar-refractivity contribution in [2.45, 2.75) is 6.42 Å². The molecule has 0 radical (unpaired) electrons. The highest BCUT2D eigenvalue weighted by atomic mass is 32.1. The van der Waals surface area contributed by atoms with Crippen molar-refractivity contribution < 1.29 is 9.59 Å². The second-order valence-corrected chi connectivity index (χ2v) is 7.67. The van der Waals surface area contributed by atoms with E-state index < -0.39 is 5.41 Å². The number of rotatable bonds is 7. The van der Waals surface area contributed by atoms with Gasteiger partial charge in [0.15, 0.2) is 5.78 Å². The van der Waals surface area contributed by atoms with E-state index in [1.54, 1.807) is 24.3 Å². The summed E-state index contributed by atoms with van der Waals surface area (Å²) in [5.74, 6) is 0.349. The zero-order chi connectivity index (χ0) is 20.1. The van der Waals surface area contributed by atoms with Crippen LogP contribution in [0.5, 0.6) is 0 Å². The standard InChI is InChI=1S/C23H21N3O2S/c27-20(17-9-3-1-4-10-17)23(13-7-2-8-14-23)22(28)25-16-15-24-21-18-11-5-6-12-19(18)29-26-21/h1-13H,14-16H2,(H,24,26)(H,25,28). The average Bonchev–Trinajstić information content (AvgIpc) is 3.20. The van der Waals surface area contributed by atoms with E-state index in [4.69, 9.17) is 0 Å². The van der Waals surface area contributed by atoms with Gasteiger partial charge in [0.05, 0.1) is 4.70 Å². The van der Waals surface area contributed by atoms with Gasteiger partial charge < -0.3 is 10.6 Å². The van der Waals surface area contributed by atoms with Crippen LogP contribution in [0.3, 0.4) is 0 Å². The third-order valence-electron chi connectivity index (χ3n) is 4.99. The van der Waals surface area contributed by atoms with Crippen LogP contribution in [-0.4, -0.2) is 29.2 Å². The number of hydrogen-bond donors (Lipinski definition) is 2. The number of aromatic nitrogens is 1. The molecule has 0 bridgehead atoms. The highest BCUT2D eigenvalue weighted by molar-refractivity contribution is 7.13. The van der Waals surface area contributed by atoms with E-state index in [1.807, 2.05) is 54.6 Å². The first-order valence-electron chi connectivity index (χ1n) is 9.51. The van der Waals surface area contributed by atoms with Crippen LogP contribution in [0, 0.1) is 5.41 Å². The molecule has 0 saturated heterocycles. The molecular formula is C23H21N3O2S. The van der Waals surface area contributed by atoms with Crippen LogP contribution in [0.4, 0.5) is 5.82 Å². The molecule has 0 aliphatic heterocycles. The van der Waals surface area contributed by atoms with E-state index in [0.29, 0.717) is 25.1 Å². The monoisotopic (exact) mass is 403 g/mol. The lowest BCUT2D eigenvalue weighted by atomic mass is 9.74. The van der Waals surface area contributed by atoms with Gasteiger partial charge in [-0.2, -0.15) is 4.37 Å². The van der Waals surface area contributed by atoms with Gasteiger partial charge in [-0.25, -0.2) is 0 Å². The van der Waals surface area contributed by atoms with Crippen LogP contribution in [0.1, 0.15) is 16.8 Å². The Hall–Kier alpha value is -3.25. The minimum absolute atomic E-state index is 0.186. The summed E-state index contributed by atoms with van der Waals surface area (Å²) in [4.78, 5) is 26.2. The number of benzene rings is 2. The first-order chi connectivity index (χ1) is 14.2. The molecule has 0 spiro atoms. The van der Waals surface area contributed by atoms with Crippen molar-refractivity contribution in [2.24, 2.45) is 5.41 Å². The predicted octanol–water partition coefficient (Wildman–Crippen LogP) is 4.21. The normalized spacial score (nSPS) is 17.9. The number of carbonyl (C=O) groups is 2. The lowest BCUT2D eigenvalue weighted by Gasteiger charge is -2.28. The van der Waals surface area contributed by atoms with Crippen molar-refractivity contribution in [3.63, 3.8) is 0 Å². The number of hydrogen-bond acceptors (Lipinski definition) is 5. The predicted molar refractivity (Wildman–Crippen MR) is 117 cm³/mol. The molecule has 0 fully saturated rings. The minimum Gasteiger partial charge on any atom is -0.367 e. The molecule has 146 valence electrons. The van der Waals surface area contributed by atoms with Gasteiger partial charge in [0.25, 0.3) is 0 Å². The van der Waals surface area contributed by atoms with Gasteiger partial charge in [-0.15, -0.1) is 0 Å². The number of anilines is 1. The van der Waals surface area contributed by atoms with Crippen LogP contribution in [0.2, 0.25) is 0 Å². The first-order valence-corrected chi connectivity index (χ1v) is 10.3. The van der Waals surface area contributed by atoms with Gasteiger partial charge in [-0.1, -0.05) is 66.8 Å². The maximum Gasteiger partial charge on any atom is 0.238 e. The van der Waals surface area contributed by atoms with Crippen LogP contribution in [-0.2, 0) is 4.79 Å². The van der Waals surface area contributed by atoms with Gasteiger partial charge in [-0.05, 0) is 30.1 Å². The number of Topliss-reactive ketones (excluding diaryl/α,β-unsaturated/α-hetero) is 1. The number of nitrogens with one attached hydrogen (secondary N) is 2. The molecule has 0 saturated carbocycles. The molecule has 1 aliphatic rings. The van der Waals surface area contributed by atoms with Crippen molar-refractivity contribution in [1.82, 2.24) is 9.69 Å². The van der Waals surface area contributed by atoms with Crippen molar-refractivity contribution in [1.29, 1.82) is 0 Å². The Kier molecular flexibility index (Phi) is 5.53. The van der Waals surface area contributed by atoms with Crippen molar-refractivity contribution in [3.8, 4) is 0 Å². The minimum atomic E-state index is -1.20. The van der Waals surface area contributed by atoms with E-state index in [0.717, 1.165) is 15.9 Å². The second-order valence-electron chi connectivity index (χ2n) is 6.87. The summed E-state index contributed by atoms with van der Waals surface area (Å²) < 4.78 is 5.54. The average molecular weight is 404 g/mol. The number of allylic oxidation sites excluding steroid dienone is 3. The van der Waals surface area contributed by atoms with Crippen LogP contribution in [0.15, 0.2) is 78.9 Å². The van der Waals surface area contributed by atoms with Crippen molar-refractivity contribution in [2.75, 3.05) is 18.4 Å². The number of fused-ring (bicyclic) bond motifs is 1. The Morgan fingerprint density at radius 1 is 1.00 bits per heavy atom. The number of ketones is 1. The summed E-state index contributed by atoms with van der Waals surface area (Å²) in [6.07, 6.45) is 7.55.